The summed E-state index contributed by atoms with van der Waals surface area (Å²) in [5, 5.41) is 11.2. The lowest BCUT2D eigenvalue weighted by Crippen LogP contribution is -2.17. The summed E-state index contributed by atoms with van der Waals surface area (Å²) in [5.74, 6) is 7.60. The molecule has 0 saturated carbocycles. The number of aryl methyl sites for hydroxylation is 2. The molecule has 4 N–H and O–H groups in total. The highest BCUT2D eigenvalue weighted by Gasteiger charge is 2.17. The number of aromatic nitrogens is 5. The first kappa shape index (κ1) is 25.9. The maximum absolute atomic E-state index is 12.7. The van der Waals surface area contributed by atoms with Gasteiger partial charge in [0.1, 0.15) is 17.4 Å². The zero-order valence-corrected chi connectivity index (χ0v) is 21.8. The molecule has 37 heavy (non-hydrogen) atoms. The minimum absolute atomic E-state index is 0.0198. The Hall–Kier alpha value is -4.17. The van der Waals surface area contributed by atoms with Gasteiger partial charge in [0.25, 0.3) is 10.0 Å². The molecular formula is C23H24N8O4S2. The summed E-state index contributed by atoms with van der Waals surface area (Å²) in [5.41, 5.74) is 1.83. The van der Waals surface area contributed by atoms with Crippen LogP contribution in [0.25, 0.3) is 11.4 Å². The highest BCUT2D eigenvalue weighted by atomic mass is 32.2. The van der Waals surface area contributed by atoms with Gasteiger partial charge in [-0.2, -0.15) is 0 Å². The lowest BCUT2D eigenvalue weighted by Gasteiger charge is -2.10. The highest BCUT2D eigenvalue weighted by molar-refractivity contribution is 7.99. The fourth-order valence-corrected chi connectivity index (χ4v) is 4.97. The van der Waals surface area contributed by atoms with Crippen LogP contribution in [0.2, 0.25) is 0 Å². The summed E-state index contributed by atoms with van der Waals surface area (Å²) >= 11 is 1.12. The number of nitrogens with one attached hydrogen (secondary N) is 2. The molecule has 0 atom stereocenters. The van der Waals surface area contributed by atoms with E-state index in [-0.39, 0.29) is 22.4 Å². The van der Waals surface area contributed by atoms with Crippen molar-refractivity contribution in [1.82, 2.24) is 24.8 Å². The molecule has 0 spiro atoms. The predicted octanol–water partition coefficient (Wildman–Crippen LogP) is 2.61. The van der Waals surface area contributed by atoms with E-state index in [9.17, 15) is 13.2 Å². The second kappa shape index (κ2) is 10.8. The van der Waals surface area contributed by atoms with Crippen LogP contribution < -0.4 is 20.6 Å². The molecule has 0 aliphatic heterocycles. The number of benzene rings is 2. The van der Waals surface area contributed by atoms with Crippen molar-refractivity contribution in [2.75, 3.05) is 28.7 Å². The van der Waals surface area contributed by atoms with Gasteiger partial charge in [-0.25, -0.2) is 23.1 Å². The number of methoxy groups -OCH3 is 1. The van der Waals surface area contributed by atoms with Crippen molar-refractivity contribution in [2.24, 2.45) is 0 Å². The van der Waals surface area contributed by atoms with Crippen molar-refractivity contribution in [2.45, 2.75) is 23.9 Å². The first-order valence-corrected chi connectivity index (χ1v) is 13.3. The van der Waals surface area contributed by atoms with Gasteiger partial charge < -0.3 is 15.9 Å². The number of sulfonamides is 1. The fraction of sp³-hybridized carbons (Fsp3) is 0.174. The number of ether oxygens (including phenoxy) is 1. The van der Waals surface area contributed by atoms with Gasteiger partial charge in [0.2, 0.25) is 11.1 Å². The predicted molar refractivity (Wildman–Crippen MR) is 140 cm³/mol. The molecule has 14 heteroatoms. The van der Waals surface area contributed by atoms with Gasteiger partial charge in [-0.3, -0.25) is 9.52 Å². The van der Waals surface area contributed by atoms with Crippen LogP contribution in [0.4, 0.5) is 11.5 Å². The van der Waals surface area contributed by atoms with Crippen LogP contribution in [0.15, 0.2) is 64.6 Å². The van der Waals surface area contributed by atoms with Gasteiger partial charge in [0, 0.05) is 23.0 Å². The molecule has 4 rings (SSSR count). The van der Waals surface area contributed by atoms with E-state index in [1.807, 2.05) is 12.1 Å². The number of nitrogen functional groups attached to an aromatic ring is 1. The third-order valence-electron chi connectivity index (χ3n) is 5.00. The SMILES string of the molecule is COc1ccc(-c2nnc(SCC(=O)Nc3ccc(S(=O)(=O)Nc4cc(C)nc(C)n4)cc3)n2N)cc1. The molecular weight excluding hydrogens is 516 g/mol. The van der Waals surface area contributed by atoms with Crippen LogP contribution in [0.1, 0.15) is 11.5 Å². The summed E-state index contributed by atoms with van der Waals surface area (Å²) in [6.07, 6.45) is 0. The fourth-order valence-electron chi connectivity index (χ4n) is 3.32. The summed E-state index contributed by atoms with van der Waals surface area (Å²) in [6, 6.07) is 14.5. The van der Waals surface area contributed by atoms with Gasteiger partial charge in [-0.05, 0) is 62.4 Å². The molecule has 0 saturated heterocycles. The Morgan fingerprint density at radius 1 is 1.05 bits per heavy atom. The maximum Gasteiger partial charge on any atom is 0.263 e. The van der Waals surface area contributed by atoms with E-state index >= 15 is 0 Å². The van der Waals surface area contributed by atoms with Crippen molar-refractivity contribution < 1.29 is 17.9 Å². The smallest absolute Gasteiger partial charge is 0.263 e. The Labute approximate surface area is 217 Å². The van der Waals surface area contributed by atoms with Crippen LogP contribution in [-0.4, -0.2) is 52.0 Å². The monoisotopic (exact) mass is 540 g/mol. The van der Waals surface area contributed by atoms with Crippen LogP contribution in [-0.2, 0) is 14.8 Å². The van der Waals surface area contributed by atoms with Gasteiger partial charge in [0.05, 0.1) is 17.8 Å². The summed E-state index contributed by atoms with van der Waals surface area (Å²) < 4.78 is 34.3. The number of anilines is 2. The number of carbonyl (C=O) groups excluding carboxylic acids is 1. The topological polar surface area (TPSA) is 167 Å². The Kier molecular flexibility index (Phi) is 7.59. The first-order chi connectivity index (χ1) is 17.6. The van der Waals surface area contributed by atoms with Gasteiger partial charge in [-0.1, -0.05) is 11.8 Å². The van der Waals surface area contributed by atoms with Gasteiger partial charge >= 0.3 is 0 Å². The number of thioether (sulfide) groups is 1. The molecule has 0 unspecified atom stereocenters. The Bertz CT molecular complexity index is 1500. The zero-order valence-electron chi connectivity index (χ0n) is 20.2. The minimum Gasteiger partial charge on any atom is -0.497 e. The number of nitrogens with zero attached hydrogens (tertiary/aromatic N) is 5. The molecule has 0 fully saturated rings. The van der Waals surface area contributed by atoms with E-state index in [2.05, 4.69) is 30.2 Å². The molecule has 0 aliphatic carbocycles. The Morgan fingerprint density at radius 3 is 2.41 bits per heavy atom. The van der Waals surface area contributed by atoms with Gasteiger partial charge in [-0.15, -0.1) is 10.2 Å². The number of nitrogens with two attached hydrogens (primary N) is 1. The van der Waals surface area contributed by atoms with E-state index < -0.39 is 10.0 Å². The van der Waals surface area contributed by atoms with Crippen LogP contribution >= 0.6 is 11.8 Å². The third-order valence-corrected chi connectivity index (χ3v) is 7.31. The van der Waals surface area contributed by atoms with Crippen molar-refractivity contribution in [3.63, 3.8) is 0 Å². The number of amides is 1. The van der Waals surface area contributed by atoms with Gasteiger partial charge in [0.15, 0.2) is 5.82 Å². The number of carbonyl (C=O) groups is 1. The summed E-state index contributed by atoms with van der Waals surface area (Å²) in [7, 11) is -2.28. The normalized spacial score (nSPS) is 11.2. The van der Waals surface area contributed by atoms with Crippen molar-refractivity contribution >= 4 is 39.2 Å². The number of hydrogen-bond acceptors (Lipinski definition) is 10. The molecule has 0 aliphatic rings. The molecule has 12 nitrogen and oxygen atoms in total. The van der Waals surface area contributed by atoms with Crippen LogP contribution in [0.3, 0.4) is 0 Å². The highest BCUT2D eigenvalue weighted by Crippen LogP contribution is 2.24. The zero-order chi connectivity index (χ0) is 26.6. The molecule has 1 amide bonds. The summed E-state index contributed by atoms with van der Waals surface area (Å²) in [6.45, 7) is 3.43. The average molecular weight is 541 g/mol. The lowest BCUT2D eigenvalue weighted by atomic mass is 10.2. The molecule has 4 aromatic rings. The lowest BCUT2D eigenvalue weighted by molar-refractivity contribution is -0.113. The molecule has 2 heterocycles. The molecule has 0 radical (unpaired) electrons. The van der Waals surface area contributed by atoms with Crippen molar-refractivity contribution in [3.05, 3.63) is 66.1 Å². The second-order valence-electron chi connectivity index (χ2n) is 7.81. The van der Waals surface area contributed by atoms with E-state index in [0.717, 1.165) is 17.3 Å². The van der Waals surface area contributed by atoms with E-state index in [0.29, 0.717) is 33.9 Å². The molecule has 0 bridgehead atoms. The van der Waals surface area contributed by atoms with Crippen molar-refractivity contribution in [1.29, 1.82) is 0 Å². The quantitative estimate of drug-likeness (QED) is 0.212. The van der Waals surface area contributed by atoms with Crippen LogP contribution in [0.5, 0.6) is 5.75 Å². The van der Waals surface area contributed by atoms with Crippen LogP contribution in [0, 0.1) is 13.8 Å². The third kappa shape index (κ3) is 6.34. The van der Waals surface area contributed by atoms with E-state index in [1.165, 1.54) is 28.9 Å². The standard InChI is InChI=1S/C23H24N8O4S2/c1-14-12-20(26-15(2)25-14)30-37(33,34)19-10-6-17(7-11-19)27-21(32)13-36-23-29-28-22(31(23)24)16-4-8-18(35-3)9-5-16/h4-12H,13,24H2,1-3H3,(H,27,32)(H,25,26,30). The average Bonchev–Trinajstić information content (AvgIpc) is 3.22. The number of hydrogen-bond donors (Lipinski definition) is 3. The van der Waals surface area contributed by atoms with Crippen molar-refractivity contribution in [3.8, 4) is 17.1 Å². The Balaban J connectivity index is 1.35. The second-order valence-corrected chi connectivity index (χ2v) is 10.4. The summed E-state index contributed by atoms with van der Waals surface area (Å²) in [4.78, 5) is 20.7. The Morgan fingerprint density at radius 2 is 1.76 bits per heavy atom. The van der Waals surface area contributed by atoms with E-state index in [1.54, 1.807) is 39.2 Å². The van der Waals surface area contributed by atoms with E-state index in [4.69, 9.17) is 10.6 Å². The molecule has 2 aromatic heterocycles. The molecule has 192 valence electrons. The molecule has 2 aromatic carbocycles. The number of rotatable bonds is 9. The first-order valence-electron chi connectivity index (χ1n) is 10.9. The minimum atomic E-state index is -3.86. The largest absolute Gasteiger partial charge is 0.497 e. The maximum atomic E-state index is 12.7.